The van der Waals surface area contributed by atoms with E-state index in [2.05, 4.69) is 23.1 Å². The van der Waals surface area contributed by atoms with Gasteiger partial charge < -0.3 is 10.5 Å². The molecular weight excluding hydrogens is 212 g/mol. The van der Waals surface area contributed by atoms with Gasteiger partial charge in [0, 0.05) is 6.54 Å². The number of ether oxygens (including phenoxy) is 1. The summed E-state index contributed by atoms with van der Waals surface area (Å²) in [5.41, 5.74) is 8.23. The Morgan fingerprint density at radius 2 is 2.06 bits per heavy atom. The van der Waals surface area contributed by atoms with Gasteiger partial charge in [-0.3, -0.25) is 4.90 Å². The second-order valence-electron chi connectivity index (χ2n) is 4.67. The third-order valence-corrected chi connectivity index (χ3v) is 3.36. The van der Waals surface area contributed by atoms with E-state index >= 15 is 0 Å². The number of nitrogens with two attached hydrogens (primary N) is 1. The van der Waals surface area contributed by atoms with Crippen molar-refractivity contribution >= 4 is 0 Å². The first-order valence-electron chi connectivity index (χ1n) is 6.41. The van der Waals surface area contributed by atoms with E-state index in [1.54, 1.807) is 7.11 Å². The van der Waals surface area contributed by atoms with Crippen LogP contribution >= 0.6 is 0 Å². The van der Waals surface area contributed by atoms with Crippen molar-refractivity contribution in [1.82, 2.24) is 4.90 Å². The van der Waals surface area contributed by atoms with Gasteiger partial charge in [-0.25, -0.2) is 0 Å². The van der Waals surface area contributed by atoms with Crippen molar-refractivity contribution in [3.8, 4) is 5.75 Å². The summed E-state index contributed by atoms with van der Waals surface area (Å²) in [6.45, 7) is 4.20. The largest absolute Gasteiger partial charge is 0.496 e. The molecule has 2 N–H and O–H groups in total. The van der Waals surface area contributed by atoms with Crippen LogP contribution < -0.4 is 10.5 Å². The fourth-order valence-electron chi connectivity index (χ4n) is 2.48. The van der Waals surface area contributed by atoms with Crippen LogP contribution in [0.15, 0.2) is 18.2 Å². The zero-order valence-corrected chi connectivity index (χ0v) is 10.6. The SMILES string of the molecule is COc1ccc(CN2CCCC2)cc1CCN. The fraction of sp³-hybridized carbons (Fsp3) is 0.571. The van der Waals surface area contributed by atoms with Crippen LogP contribution in [0.4, 0.5) is 0 Å². The topological polar surface area (TPSA) is 38.5 Å². The van der Waals surface area contributed by atoms with Crippen LogP contribution in [0, 0.1) is 0 Å². The Kier molecular flexibility index (Phi) is 4.40. The molecule has 0 unspecified atom stereocenters. The van der Waals surface area contributed by atoms with Crippen molar-refractivity contribution < 1.29 is 4.74 Å². The van der Waals surface area contributed by atoms with Crippen LogP contribution in [0.5, 0.6) is 5.75 Å². The molecule has 1 aliphatic rings. The first kappa shape index (κ1) is 12.4. The molecule has 17 heavy (non-hydrogen) atoms. The van der Waals surface area contributed by atoms with Crippen LogP contribution in [0.2, 0.25) is 0 Å². The second kappa shape index (κ2) is 6.03. The minimum atomic E-state index is 0.670. The van der Waals surface area contributed by atoms with Gasteiger partial charge in [-0.1, -0.05) is 12.1 Å². The van der Waals surface area contributed by atoms with Crippen molar-refractivity contribution in [2.75, 3.05) is 26.7 Å². The summed E-state index contributed by atoms with van der Waals surface area (Å²) < 4.78 is 5.35. The van der Waals surface area contributed by atoms with E-state index in [9.17, 15) is 0 Å². The van der Waals surface area contributed by atoms with E-state index in [0.717, 1.165) is 18.7 Å². The standard InChI is InChI=1S/C14H22N2O/c1-17-14-5-4-12(10-13(14)6-7-15)11-16-8-2-3-9-16/h4-5,10H,2-3,6-9,11,15H2,1H3. The van der Waals surface area contributed by atoms with E-state index in [1.165, 1.54) is 37.1 Å². The lowest BCUT2D eigenvalue weighted by molar-refractivity contribution is 0.331. The lowest BCUT2D eigenvalue weighted by atomic mass is 10.1. The molecule has 0 radical (unpaired) electrons. The van der Waals surface area contributed by atoms with Crippen molar-refractivity contribution in [2.24, 2.45) is 5.73 Å². The first-order chi connectivity index (χ1) is 8.33. The minimum Gasteiger partial charge on any atom is -0.496 e. The van der Waals surface area contributed by atoms with Gasteiger partial charge in [-0.05, 0) is 56.1 Å². The summed E-state index contributed by atoms with van der Waals surface area (Å²) in [5.74, 6) is 0.959. The Bertz CT molecular complexity index is 359. The van der Waals surface area contributed by atoms with Crippen LogP contribution in [-0.4, -0.2) is 31.6 Å². The van der Waals surface area contributed by atoms with E-state index in [4.69, 9.17) is 10.5 Å². The maximum atomic E-state index is 5.63. The smallest absolute Gasteiger partial charge is 0.122 e. The number of rotatable bonds is 5. The first-order valence-corrected chi connectivity index (χ1v) is 6.41. The van der Waals surface area contributed by atoms with Gasteiger partial charge in [-0.15, -0.1) is 0 Å². The molecule has 1 heterocycles. The average Bonchev–Trinajstić information content (AvgIpc) is 2.83. The molecule has 2 rings (SSSR count). The molecule has 1 aliphatic heterocycles. The highest BCUT2D eigenvalue weighted by Gasteiger charge is 2.12. The molecule has 1 saturated heterocycles. The van der Waals surface area contributed by atoms with Gasteiger partial charge in [0.2, 0.25) is 0 Å². The molecule has 0 spiro atoms. The Morgan fingerprint density at radius 3 is 2.71 bits per heavy atom. The Hall–Kier alpha value is -1.06. The molecule has 1 aromatic carbocycles. The lowest BCUT2D eigenvalue weighted by Gasteiger charge is -2.16. The van der Waals surface area contributed by atoms with Gasteiger partial charge in [0.1, 0.15) is 5.75 Å². The van der Waals surface area contributed by atoms with E-state index < -0.39 is 0 Å². The average molecular weight is 234 g/mol. The van der Waals surface area contributed by atoms with Crippen LogP contribution in [0.25, 0.3) is 0 Å². The lowest BCUT2D eigenvalue weighted by Crippen LogP contribution is -2.18. The van der Waals surface area contributed by atoms with Crippen LogP contribution in [-0.2, 0) is 13.0 Å². The van der Waals surface area contributed by atoms with Gasteiger partial charge in [0.25, 0.3) is 0 Å². The van der Waals surface area contributed by atoms with Crippen molar-refractivity contribution in [1.29, 1.82) is 0 Å². The van der Waals surface area contributed by atoms with Gasteiger partial charge >= 0.3 is 0 Å². The highest BCUT2D eigenvalue weighted by molar-refractivity contribution is 5.37. The molecule has 0 aliphatic carbocycles. The van der Waals surface area contributed by atoms with E-state index in [-0.39, 0.29) is 0 Å². The maximum Gasteiger partial charge on any atom is 0.122 e. The molecule has 3 heteroatoms. The molecule has 1 aromatic rings. The molecule has 1 fully saturated rings. The highest BCUT2D eigenvalue weighted by atomic mass is 16.5. The Morgan fingerprint density at radius 1 is 1.29 bits per heavy atom. The summed E-state index contributed by atoms with van der Waals surface area (Å²) in [6.07, 6.45) is 3.56. The molecule has 0 bridgehead atoms. The van der Waals surface area contributed by atoms with E-state index in [0.29, 0.717) is 6.54 Å². The summed E-state index contributed by atoms with van der Waals surface area (Å²) in [6, 6.07) is 6.47. The maximum absolute atomic E-state index is 5.63. The summed E-state index contributed by atoms with van der Waals surface area (Å²) >= 11 is 0. The zero-order valence-electron chi connectivity index (χ0n) is 10.6. The predicted molar refractivity (Wildman–Crippen MR) is 70.3 cm³/mol. The minimum absolute atomic E-state index is 0.670. The van der Waals surface area contributed by atoms with Crippen molar-refractivity contribution in [2.45, 2.75) is 25.8 Å². The van der Waals surface area contributed by atoms with Crippen molar-refractivity contribution in [3.63, 3.8) is 0 Å². The zero-order chi connectivity index (χ0) is 12.1. The number of likely N-dealkylation sites (tertiary alicyclic amines) is 1. The van der Waals surface area contributed by atoms with Gasteiger partial charge in [0.15, 0.2) is 0 Å². The third kappa shape index (κ3) is 3.20. The quantitative estimate of drug-likeness (QED) is 0.844. The molecule has 94 valence electrons. The molecular formula is C14H22N2O. The molecule has 0 atom stereocenters. The fourth-order valence-corrected chi connectivity index (χ4v) is 2.48. The normalized spacial score (nSPS) is 16.4. The van der Waals surface area contributed by atoms with Crippen molar-refractivity contribution in [3.05, 3.63) is 29.3 Å². The predicted octanol–water partition coefficient (Wildman–Crippen LogP) is 1.79. The monoisotopic (exact) mass is 234 g/mol. The van der Waals surface area contributed by atoms with E-state index in [1.807, 2.05) is 0 Å². The van der Waals surface area contributed by atoms with Gasteiger partial charge in [0.05, 0.1) is 7.11 Å². The van der Waals surface area contributed by atoms with Crippen LogP contribution in [0.3, 0.4) is 0 Å². The second-order valence-corrected chi connectivity index (χ2v) is 4.67. The summed E-state index contributed by atoms with van der Waals surface area (Å²) in [4.78, 5) is 2.51. The highest BCUT2D eigenvalue weighted by Crippen LogP contribution is 2.22. The molecule has 0 amide bonds. The number of methoxy groups -OCH3 is 1. The molecule has 0 aromatic heterocycles. The van der Waals surface area contributed by atoms with Crippen LogP contribution in [0.1, 0.15) is 24.0 Å². The number of hydrogen-bond acceptors (Lipinski definition) is 3. The number of nitrogens with zero attached hydrogens (tertiary/aromatic N) is 1. The Labute approximate surface area is 104 Å². The van der Waals surface area contributed by atoms with Gasteiger partial charge in [-0.2, -0.15) is 0 Å². The number of hydrogen-bond donors (Lipinski definition) is 1. The molecule has 0 saturated carbocycles. The number of benzene rings is 1. The molecule has 3 nitrogen and oxygen atoms in total. The summed E-state index contributed by atoms with van der Waals surface area (Å²) in [7, 11) is 1.72. The third-order valence-electron chi connectivity index (χ3n) is 3.36. The Balaban J connectivity index is 2.08. The summed E-state index contributed by atoms with van der Waals surface area (Å²) in [5, 5.41) is 0.